The van der Waals surface area contributed by atoms with E-state index in [1.165, 1.54) is 5.56 Å². The molecular formula is C19H22N2O2S. The van der Waals surface area contributed by atoms with Crippen LogP contribution < -0.4 is 4.74 Å². The lowest BCUT2D eigenvalue weighted by atomic mass is 10.2. The molecule has 1 heterocycles. The van der Waals surface area contributed by atoms with Gasteiger partial charge in [-0.2, -0.15) is 0 Å². The predicted molar refractivity (Wildman–Crippen MR) is 98.9 cm³/mol. The van der Waals surface area contributed by atoms with Gasteiger partial charge in [0.15, 0.2) is 5.16 Å². The van der Waals surface area contributed by atoms with Crippen molar-refractivity contribution in [3.8, 4) is 5.75 Å². The van der Waals surface area contributed by atoms with Gasteiger partial charge >= 0.3 is 0 Å². The van der Waals surface area contributed by atoms with E-state index in [4.69, 9.17) is 4.74 Å². The molecule has 0 saturated heterocycles. The van der Waals surface area contributed by atoms with Crippen LogP contribution in [0.25, 0.3) is 11.0 Å². The fourth-order valence-corrected chi connectivity index (χ4v) is 3.45. The van der Waals surface area contributed by atoms with Crippen molar-refractivity contribution in [3.63, 3.8) is 0 Å². The Labute approximate surface area is 146 Å². The third-order valence-corrected chi connectivity index (χ3v) is 4.80. The summed E-state index contributed by atoms with van der Waals surface area (Å²) in [4.78, 5) is 4.66. The highest BCUT2D eigenvalue weighted by Crippen LogP contribution is 2.24. The van der Waals surface area contributed by atoms with Crippen molar-refractivity contribution in [2.45, 2.75) is 25.0 Å². The van der Waals surface area contributed by atoms with Crippen LogP contribution in [0.1, 0.15) is 12.5 Å². The summed E-state index contributed by atoms with van der Waals surface area (Å²) in [6.07, 6.45) is 1.04. The number of aliphatic hydroxyl groups is 1. The standard InChI is InChI=1S/C19H22N2O2S/c1-2-15-7-9-16(10-8-15)23-13-14-24-19-20-17-5-3-4-6-18(17)21(19)11-12-22/h3-10,22H,2,11-14H2,1H3. The molecule has 0 atom stereocenters. The minimum absolute atomic E-state index is 0.105. The maximum atomic E-state index is 9.30. The van der Waals surface area contributed by atoms with E-state index in [0.717, 1.165) is 34.1 Å². The number of ether oxygens (including phenoxy) is 1. The maximum absolute atomic E-state index is 9.30. The topological polar surface area (TPSA) is 47.3 Å². The van der Waals surface area contributed by atoms with Gasteiger partial charge in [-0.1, -0.05) is 43.0 Å². The number of para-hydroxylation sites is 2. The van der Waals surface area contributed by atoms with Crippen LogP contribution in [0.2, 0.25) is 0 Å². The number of nitrogens with zero attached hydrogens (tertiary/aromatic N) is 2. The predicted octanol–water partition coefficient (Wildman–Crippen LogP) is 3.76. The summed E-state index contributed by atoms with van der Waals surface area (Å²) in [5.41, 5.74) is 3.34. The fourth-order valence-electron chi connectivity index (χ4n) is 2.59. The minimum atomic E-state index is 0.105. The largest absolute Gasteiger partial charge is 0.493 e. The number of hydrogen-bond acceptors (Lipinski definition) is 4. The molecule has 0 aliphatic rings. The zero-order valence-corrected chi connectivity index (χ0v) is 14.6. The van der Waals surface area contributed by atoms with Crippen LogP contribution in [0.3, 0.4) is 0 Å². The lowest BCUT2D eigenvalue weighted by Gasteiger charge is -2.08. The maximum Gasteiger partial charge on any atom is 0.169 e. The Morgan fingerprint density at radius 3 is 2.67 bits per heavy atom. The van der Waals surface area contributed by atoms with Crippen LogP contribution in [-0.4, -0.2) is 33.6 Å². The van der Waals surface area contributed by atoms with E-state index in [2.05, 4.69) is 28.6 Å². The summed E-state index contributed by atoms with van der Waals surface area (Å²) in [7, 11) is 0. The first kappa shape index (κ1) is 16.9. The molecule has 126 valence electrons. The van der Waals surface area contributed by atoms with Gasteiger partial charge in [0.1, 0.15) is 5.75 Å². The Morgan fingerprint density at radius 1 is 1.12 bits per heavy atom. The average Bonchev–Trinajstić information content (AvgIpc) is 2.97. The van der Waals surface area contributed by atoms with E-state index < -0.39 is 0 Å². The van der Waals surface area contributed by atoms with Crippen LogP contribution in [0.5, 0.6) is 5.75 Å². The molecule has 0 amide bonds. The minimum Gasteiger partial charge on any atom is -0.493 e. The summed E-state index contributed by atoms with van der Waals surface area (Å²) >= 11 is 1.66. The molecular weight excluding hydrogens is 320 g/mol. The molecule has 3 rings (SSSR count). The van der Waals surface area contributed by atoms with E-state index in [9.17, 15) is 5.11 Å². The molecule has 0 bridgehead atoms. The molecule has 0 unspecified atom stereocenters. The van der Waals surface area contributed by atoms with Gasteiger partial charge in [-0.3, -0.25) is 0 Å². The molecule has 24 heavy (non-hydrogen) atoms. The lowest BCUT2D eigenvalue weighted by molar-refractivity contribution is 0.273. The lowest BCUT2D eigenvalue weighted by Crippen LogP contribution is -2.05. The Balaban J connectivity index is 1.59. The third kappa shape index (κ3) is 3.91. The van der Waals surface area contributed by atoms with Crippen LogP contribution in [0.15, 0.2) is 53.7 Å². The second-order valence-corrected chi connectivity index (χ2v) is 6.51. The smallest absolute Gasteiger partial charge is 0.169 e. The number of thioether (sulfide) groups is 1. The van der Waals surface area contributed by atoms with Gasteiger partial charge in [0.05, 0.1) is 24.2 Å². The summed E-state index contributed by atoms with van der Waals surface area (Å²) in [5, 5.41) is 10.2. The van der Waals surface area contributed by atoms with E-state index in [-0.39, 0.29) is 6.61 Å². The SMILES string of the molecule is CCc1ccc(OCCSc2nc3ccccc3n2CCO)cc1. The number of benzene rings is 2. The van der Waals surface area contributed by atoms with E-state index in [1.807, 2.05) is 36.4 Å². The molecule has 1 N–H and O–H groups in total. The zero-order chi connectivity index (χ0) is 16.8. The molecule has 0 fully saturated rings. The van der Waals surface area contributed by atoms with Gasteiger partial charge in [-0.15, -0.1) is 0 Å². The summed E-state index contributed by atoms with van der Waals surface area (Å²) in [6.45, 7) is 3.43. The van der Waals surface area contributed by atoms with Crippen molar-refractivity contribution in [2.24, 2.45) is 0 Å². The molecule has 4 nitrogen and oxygen atoms in total. The van der Waals surface area contributed by atoms with Gasteiger partial charge in [0, 0.05) is 12.3 Å². The zero-order valence-electron chi connectivity index (χ0n) is 13.8. The van der Waals surface area contributed by atoms with Crippen molar-refractivity contribution < 1.29 is 9.84 Å². The number of fused-ring (bicyclic) bond motifs is 1. The molecule has 0 radical (unpaired) electrons. The monoisotopic (exact) mass is 342 g/mol. The molecule has 5 heteroatoms. The first-order valence-electron chi connectivity index (χ1n) is 8.22. The summed E-state index contributed by atoms with van der Waals surface area (Å²) in [6, 6.07) is 16.2. The van der Waals surface area contributed by atoms with Crippen LogP contribution in [-0.2, 0) is 13.0 Å². The van der Waals surface area contributed by atoms with E-state index >= 15 is 0 Å². The second-order valence-electron chi connectivity index (χ2n) is 5.45. The quantitative estimate of drug-likeness (QED) is 0.500. The Morgan fingerprint density at radius 2 is 1.92 bits per heavy atom. The Hall–Kier alpha value is -1.98. The highest BCUT2D eigenvalue weighted by molar-refractivity contribution is 7.99. The molecule has 0 saturated carbocycles. The van der Waals surface area contributed by atoms with Gasteiger partial charge in [-0.05, 0) is 36.2 Å². The molecule has 3 aromatic rings. The number of aliphatic hydroxyl groups excluding tert-OH is 1. The highest BCUT2D eigenvalue weighted by Gasteiger charge is 2.10. The van der Waals surface area contributed by atoms with Crippen molar-refractivity contribution >= 4 is 22.8 Å². The van der Waals surface area contributed by atoms with E-state index in [0.29, 0.717) is 13.2 Å². The van der Waals surface area contributed by atoms with Gasteiger partial charge in [0.25, 0.3) is 0 Å². The fraction of sp³-hybridized carbons (Fsp3) is 0.316. The van der Waals surface area contributed by atoms with Gasteiger partial charge in [-0.25, -0.2) is 4.98 Å². The highest BCUT2D eigenvalue weighted by atomic mass is 32.2. The van der Waals surface area contributed by atoms with Crippen LogP contribution >= 0.6 is 11.8 Å². The van der Waals surface area contributed by atoms with Crippen molar-refractivity contribution in [3.05, 3.63) is 54.1 Å². The second kappa shape index (κ2) is 8.22. The first-order chi connectivity index (χ1) is 11.8. The molecule has 1 aromatic heterocycles. The summed E-state index contributed by atoms with van der Waals surface area (Å²) < 4.78 is 7.86. The molecule has 2 aromatic carbocycles. The molecule has 0 aliphatic carbocycles. The van der Waals surface area contributed by atoms with E-state index in [1.54, 1.807) is 11.8 Å². The van der Waals surface area contributed by atoms with Crippen molar-refractivity contribution in [2.75, 3.05) is 19.0 Å². The van der Waals surface area contributed by atoms with Crippen LogP contribution in [0, 0.1) is 0 Å². The number of hydrogen-bond donors (Lipinski definition) is 1. The van der Waals surface area contributed by atoms with Crippen molar-refractivity contribution in [1.29, 1.82) is 0 Å². The Bertz CT molecular complexity index is 784. The van der Waals surface area contributed by atoms with Crippen LogP contribution in [0.4, 0.5) is 0 Å². The first-order valence-corrected chi connectivity index (χ1v) is 9.21. The van der Waals surface area contributed by atoms with Crippen molar-refractivity contribution in [1.82, 2.24) is 9.55 Å². The number of aromatic nitrogens is 2. The number of aryl methyl sites for hydroxylation is 1. The third-order valence-electron chi connectivity index (χ3n) is 3.86. The molecule has 0 aliphatic heterocycles. The van der Waals surface area contributed by atoms with Gasteiger partial charge < -0.3 is 14.4 Å². The Kier molecular flexibility index (Phi) is 5.77. The normalized spacial score (nSPS) is 11.1. The number of rotatable bonds is 8. The average molecular weight is 342 g/mol. The number of imidazole rings is 1. The summed E-state index contributed by atoms with van der Waals surface area (Å²) in [5.74, 6) is 1.71. The molecule has 0 spiro atoms. The van der Waals surface area contributed by atoms with Gasteiger partial charge in [0.2, 0.25) is 0 Å².